The lowest BCUT2D eigenvalue weighted by Gasteiger charge is -2.40. The molecule has 0 heterocycles. The molecule has 2 aromatic carbocycles. The van der Waals surface area contributed by atoms with Gasteiger partial charge in [0.1, 0.15) is 0 Å². The van der Waals surface area contributed by atoms with Crippen LogP contribution in [0.5, 0.6) is 0 Å². The van der Waals surface area contributed by atoms with Gasteiger partial charge < -0.3 is 10.6 Å². The molecule has 0 aliphatic heterocycles. The molecule has 2 saturated carbocycles. The minimum Gasteiger partial charge on any atom is -0.347 e. The van der Waals surface area contributed by atoms with Gasteiger partial charge >= 0.3 is 0 Å². The van der Waals surface area contributed by atoms with Gasteiger partial charge in [-0.1, -0.05) is 57.2 Å². The summed E-state index contributed by atoms with van der Waals surface area (Å²) in [5, 5.41) is 6.54. The molecule has 0 aromatic heterocycles. The number of amides is 2. The molecule has 4 unspecified atom stereocenters. The van der Waals surface area contributed by atoms with Crippen LogP contribution in [0.1, 0.15) is 54.3 Å². The van der Waals surface area contributed by atoms with Crippen molar-refractivity contribution < 1.29 is 9.59 Å². The predicted molar refractivity (Wildman–Crippen MR) is 110 cm³/mol. The van der Waals surface area contributed by atoms with E-state index in [-0.39, 0.29) is 34.7 Å². The number of nitrogens with one attached hydrogen (secondary N) is 2. The van der Waals surface area contributed by atoms with Crippen molar-refractivity contribution in [3.63, 3.8) is 0 Å². The lowest BCUT2D eigenvalue weighted by molar-refractivity contribution is 0.0781. The van der Waals surface area contributed by atoms with E-state index in [0.29, 0.717) is 17.0 Å². The molecule has 2 amide bonds. The van der Waals surface area contributed by atoms with Gasteiger partial charge in [-0.15, -0.1) is 0 Å². The maximum absolute atomic E-state index is 12.9. The second-order valence-corrected chi connectivity index (χ2v) is 8.97. The summed E-state index contributed by atoms with van der Waals surface area (Å²) in [5.41, 5.74) is 1.29. The van der Waals surface area contributed by atoms with Crippen molar-refractivity contribution >= 4 is 11.8 Å². The van der Waals surface area contributed by atoms with E-state index in [9.17, 15) is 9.59 Å². The van der Waals surface area contributed by atoms with E-state index in [1.165, 1.54) is 0 Å². The molecular formula is C24H28N2O2. The van der Waals surface area contributed by atoms with Gasteiger partial charge in [0.15, 0.2) is 0 Å². The number of hydrogen-bond donors (Lipinski definition) is 2. The monoisotopic (exact) mass is 376 g/mol. The van der Waals surface area contributed by atoms with Crippen LogP contribution in [0.25, 0.3) is 0 Å². The van der Waals surface area contributed by atoms with Crippen LogP contribution in [0.4, 0.5) is 0 Å². The zero-order valence-corrected chi connectivity index (χ0v) is 16.7. The van der Waals surface area contributed by atoms with Gasteiger partial charge in [-0.2, -0.15) is 0 Å². The third-order valence-electron chi connectivity index (χ3n) is 7.51. The zero-order chi connectivity index (χ0) is 19.9. The van der Waals surface area contributed by atoms with Crippen molar-refractivity contribution in [2.45, 2.75) is 45.7 Å². The Morgan fingerprint density at radius 3 is 1.86 bits per heavy atom. The first-order valence-corrected chi connectivity index (χ1v) is 10.1. The van der Waals surface area contributed by atoms with Crippen molar-refractivity contribution in [1.29, 1.82) is 0 Å². The number of hydrogen-bond acceptors (Lipinski definition) is 2. The third-order valence-corrected chi connectivity index (χ3v) is 7.51. The van der Waals surface area contributed by atoms with Gasteiger partial charge in [-0.05, 0) is 53.9 Å². The van der Waals surface area contributed by atoms with Crippen molar-refractivity contribution in [1.82, 2.24) is 10.6 Å². The molecule has 0 radical (unpaired) electrons. The summed E-state index contributed by atoms with van der Waals surface area (Å²) in [6, 6.07) is 18.4. The first-order chi connectivity index (χ1) is 13.3. The second kappa shape index (κ2) is 6.77. The largest absolute Gasteiger partial charge is 0.347 e. The molecule has 0 saturated heterocycles. The van der Waals surface area contributed by atoms with Gasteiger partial charge in [0.05, 0.1) is 12.1 Å². The van der Waals surface area contributed by atoms with Crippen molar-refractivity contribution in [2.75, 3.05) is 0 Å². The second-order valence-electron chi connectivity index (χ2n) is 8.97. The molecular weight excluding hydrogens is 348 g/mol. The minimum absolute atomic E-state index is 0.0380. The van der Waals surface area contributed by atoms with Crippen LogP contribution in [0.2, 0.25) is 0 Å². The van der Waals surface area contributed by atoms with E-state index in [4.69, 9.17) is 0 Å². The Labute approximate surface area is 166 Å². The molecule has 4 rings (SSSR count). The van der Waals surface area contributed by atoms with E-state index in [1.54, 1.807) is 0 Å². The van der Waals surface area contributed by atoms with E-state index < -0.39 is 0 Å². The van der Waals surface area contributed by atoms with Crippen molar-refractivity contribution in [2.24, 2.45) is 16.7 Å². The van der Waals surface area contributed by atoms with E-state index >= 15 is 0 Å². The molecule has 2 N–H and O–H groups in total. The molecule has 2 aromatic rings. The third kappa shape index (κ3) is 2.83. The van der Waals surface area contributed by atoms with Gasteiger partial charge in [0.25, 0.3) is 11.8 Å². The minimum atomic E-state index is -0.0957. The summed E-state index contributed by atoms with van der Waals surface area (Å²) >= 11 is 0. The first-order valence-electron chi connectivity index (χ1n) is 10.1. The number of carbonyl (C=O) groups is 2. The van der Waals surface area contributed by atoms with Crippen LogP contribution >= 0.6 is 0 Å². The average molecular weight is 377 g/mol. The van der Waals surface area contributed by atoms with Crippen molar-refractivity contribution in [3.8, 4) is 0 Å². The zero-order valence-electron chi connectivity index (χ0n) is 16.7. The topological polar surface area (TPSA) is 58.2 Å². The highest BCUT2D eigenvalue weighted by molar-refractivity contribution is 5.95. The molecule has 4 atom stereocenters. The number of benzene rings is 2. The Balaban J connectivity index is 1.62. The fourth-order valence-electron chi connectivity index (χ4n) is 5.45. The molecule has 2 fully saturated rings. The Kier molecular flexibility index (Phi) is 4.53. The molecule has 2 aliphatic carbocycles. The van der Waals surface area contributed by atoms with Crippen LogP contribution in [0, 0.1) is 16.7 Å². The van der Waals surface area contributed by atoms with E-state index in [0.717, 1.165) is 12.8 Å². The summed E-state index contributed by atoms with van der Waals surface area (Å²) in [6.45, 7) is 6.82. The number of carbonyl (C=O) groups excluding carboxylic acids is 2. The normalized spacial score (nSPS) is 30.0. The molecule has 146 valence electrons. The van der Waals surface area contributed by atoms with Crippen LogP contribution < -0.4 is 10.6 Å². The summed E-state index contributed by atoms with van der Waals surface area (Å²) in [7, 11) is 0. The van der Waals surface area contributed by atoms with Gasteiger partial charge in [-0.3, -0.25) is 9.59 Å². The fourth-order valence-corrected chi connectivity index (χ4v) is 5.45. The quantitative estimate of drug-likeness (QED) is 0.846. The van der Waals surface area contributed by atoms with Crippen LogP contribution in [0.3, 0.4) is 0 Å². The summed E-state index contributed by atoms with van der Waals surface area (Å²) < 4.78 is 0. The summed E-state index contributed by atoms with van der Waals surface area (Å²) in [5.74, 6) is 0.192. The van der Waals surface area contributed by atoms with Gasteiger partial charge in [-0.25, -0.2) is 0 Å². The standard InChI is InChI=1S/C24H28N2O2/c1-23(2)18-14-15-24(23,3)20(26-22(28)17-12-8-5-9-13-17)19(18)25-21(27)16-10-6-4-7-11-16/h4-13,18-20H,14-15H2,1-3H3,(H,25,27)(H,26,28). The Hall–Kier alpha value is -2.62. The Morgan fingerprint density at radius 2 is 1.32 bits per heavy atom. The SMILES string of the molecule is CC1(C)C2CCC1(C)C(NC(=O)c1ccccc1)C2NC(=O)c1ccccc1. The van der Waals surface area contributed by atoms with E-state index in [2.05, 4.69) is 31.4 Å². The molecule has 4 nitrogen and oxygen atoms in total. The van der Waals surface area contributed by atoms with Crippen LogP contribution in [0.15, 0.2) is 60.7 Å². The molecule has 4 heteroatoms. The Bertz CT molecular complexity index is 878. The summed E-state index contributed by atoms with van der Waals surface area (Å²) in [4.78, 5) is 25.8. The maximum Gasteiger partial charge on any atom is 0.251 e. The fraction of sp³-hybridized carbons (Fsp3) is 0.417. The van der Waals surface area contributed by atoms with Crippen LogP contribution in [-0.2, 0) is 0 Å². The molecule has 2 aliphatic rings. The smallest absolute Gasteiger partial charge is 0.251 e. The lowest BCUT2D eigenvalue weighted by Crippen LogP contribution is -2.57. The number of fused-ring (bicyclic) bond motifs is 2. The lowest BCUT2D eigenvalue weighted by atomic mass is 9.69. The van der Waals surface area contributed by atoms with Crippen LogP contribution in [-0.4, -0.2) is 23.9 Å². The molecule has 2 bridgehead atoms. The average Bonchev–Trinajstić information content (AvgIpc) is 3.02. The molecule has 28 heavy (non-hydrogen) atoms. The van der Waals surface area contributed by atoms with Crippen molar-refractivity contribution in [3.05, 3.63) is 71.8 Å². The predicted octanol–water partition coefficient (Wildman–Crippen LogP) is 4.04. The van der Waals surface area contributed by atoms with Gasteiger partial charge in [0.2, 0.25) is 0 Å². The summed E-state index contributed by atoms with van der Waals surface area (Å²) in [6.07, 6.45) is 2.13. The molecule has 0 spiro atoms. The van der Waals surface area contributed by atoms with Gasteiger partial charge in [0, 0.05) is 11.1 Å². The Morgan fingerprint density at radius 1 is 0.821 bits per heavy atom. The first kappa shape index (κ1) is 18.7. The maximum atomic E-state index is 12.9. The highest BCUT2D eigenvalue weighted by atomic mass is 16.2. The number of rotatable bonds is 4. The van der Waals surface area contributed by atoms with E-state index in [1.807, 2.05) is 60.7 Å². The highest BCUT2D eigenvalue weighted by Gasteiger charge is 2.66. The highest BCUT2D eigenvalue weighted by Crippen LogP contribution is 2.65.